The highest BCUT2D eigenvalue weighted by molar-refractivity contribution is 9.10. The van der Waals surface area contributed by atoms with Crippen molar-refractivity contribution in [2.45, 2.75) is 33.4 Å². The number of hydrogen-bond donors (Lipinski definition) is 0. The number of hydrogen-bond acceptors (Lipinski definition) is 8. The molecule has 0 aliphatic carbocycles. The van der Waals surface area contributed by atoms with E-state index < -0.39 is 12.0 Å². The molecule has 0 spiro atoms. The van der Waals surface area contributed by atoms with Crippen molar-refractivity contribution < 1.29 is 23.7 Å². The van der Waals surface area contributed by atoms with Crippen LogP contribution in [-0.2, 0) is 16.1 Å². The highest BCUT2D eigenvalue weighted by atomic mass is 79.9. The smallest absolute Gasteiger partial charge is 0.338 e. The van der Waals surface area contributed by atoms with Crippen LogP contribution in [0.4, 0.5) is 0 Å². The van der Waals surface area contributed by atoms with Crippen molar-refractivity contribution >= 4 is 39.3 Å². The van der Waals surface area contributed by atoms with Gasteiger partial charge < -0.3 is 18.9 Å². The molecule has 0 fully saturated rings. The van der Waals surface area contributed by atoms with Crippen LogP contribution in [0.1, 0.15) is 43.5 Å². The Morgan fingerprint density at radius 1 is 1.00 bits per heavy atom. The first kappa shape index (κ1) is 30.3. The number of aromatic nitrogens is 1. The molecule has 0 saturated carbocycles. The normalized spacial score (nSPS) is 14.6. The maximum absolute atomic E-state index is 14.0. The predicted octanol–water partition coefficient (Wildman–Crippen LogP) is 5.55. The maximum atomic E-state index is 14.0. The number of rotatable bonds is 10. The van der Waals surface area contributed by atoms with Gasteiger partial charge in [-0.1, -0.05) is 53.8 Å². The molecule has 3 aromatic carbocycles. The van der Waals surface area contributed by atoms with Gasteiger partial charge in [0, 0.05) is 0 Å². The molecule has 5 rings (SSSR count). The van der Waals surface area contributed by atoms with Gasteiger partial charge in [0.15, 0.2) is 16.3 Å². The summed E-state index contributed by atoms with van der Waals surface area (Å²) >= 11 is 4.80. The Balaban J connectivity index is 1.58. The van der Waals surface area contributed by atoms with Crippen molar-refractivity contribution in [3.63, 3.8) is 0 Å². The Morgan fingerprint density at radius 2 is 1.77 bits per heavy atom. The minimum Gasteiger partial charge on any atom is -0.496 e. The second-order valence-corrected chi connectivity index (χ2v) is 11.5. The van der Waals surface area contributed by atoms with Gasteiger partial charge in [-0.05, 0) is 83.7 Å². The lowest BCUT2D eigenvalue weighted by atomic mass is 9.96. The molecule has 4 aromatic rings. The third-order valence-corrected chi connectivity index (χ3v) is 8.41. The Labute approximate surface area is 261 Å². The van der Waals surface area contributed by atoms with Crippen molar-refractivity contribution in [2.24, 2.45) is 4.99 Å². The molecule has 2 heterocycles. The number of esters is 1. The van der Waals surface area contributed by atoms with Crippen molar-refractivity contribution in [2.75, 3.05) is 20.3 Å². The van der Waals surface area contributed by atoms with Crippen molar-refractivity contribution in [1.29, 1.82) is 0 Å². The number of carbonyl (C=O) groups excluding carboxylic acids is 1. The van der Waals surface area contributed by atoms with Crippen LogP contribution in [0, 0.1) is 0 Å². The summed E-state index contributed by atoms with van der Waals surface area (Å²) in [4.78, 5) is 32.3. The molecule has 10 heteroatoms. The Hall–Kier alpha value is -4.15. The largest absolute Gasteiger partial charge is 0.496 e. The standard InChI is InChI=1S/C33H31BrN2O6S/c1-5-40-27-16-22(12-14-26(27)42-19-21-10-8-7-9-11-21)17-28-31(37)36-30(23-13-15-25(39-4)24(34)18-23)29(32(38)41-6-2)20(3)35-33(36)43-28/h7-18,30H,5-6,19H2,1-4H3/b28-17+/t30-/m1/s1. The van der Waals surface area contributed by atoms with E-state index in [1.54, 1.807) is 37.7 Å². The summed E-state index contributed by atoms with van der Waals surface area (Å²) in [6.07, 6.45) is 1.80. The van der Waals surface area contributed by atoms with Gasteiger partial charge in [-0.15, -0.1) is 0 Å². The van der Waals surface area contributed by atoms with Gasteiger partial charge in [-0.3, -0.25) is 9.36 Å². The molecule has 0 saturated heterocycles. The number of allylic oxidation sites excluding steroid dienone is 1. The predicted molar refractivity (Wildman–Crippen MR) is 169 cm³/mol. The topological polar surface area (TPSA) is 88.4 Å². The zero-order valence-corrected chi connectivity index (χ0v) is 26.7. The average Bonchev–Trinajstić information content (AvgIpc) is 3.30. The Kier molecular flexibility index (Phi) is 9.47. The molecule has 1 aliphatic heterocycles. The molecule has 0 amide bonds. The monoisotopic (exact) mass is 662 g/mol. The van der Waals surface area contributed by atoms with Gasteiger partial charge in [0.05, 0.1) is 46.6 Å². The first-order valence-corrected chi connectivity index (χ1v) is 15.4. The molecule has 0 bridgehead atoms. The second-order valence-electron chi connectivity index (χ2n) is 9.61. The number of fused-ring (bicyclic) bond motifs is 1. The van der Waals surface area contributed by atoms with Crippen LogP contribution in [0.2, 0.25) is 0 Å². The minimum absolute atomic E-state index is 0.201. The van der Waals surface area contributed by atoms with E-state index in [0.717, 1.165) is 16.7 Å². The summed E-state index contributed by atoms with van der Waals surface area (Å²) in [5, 5.41) is 0. The number of nitrogens with zero attached hydrogens (tertiary/aromatic N) is 2. The fraction of sp³-hybridized carbons (Fsp3) is 0.242. The first-order valence-electron chi connectivity index (χ1n) is 13.8. The summed E-state index contributed by atoms with van der Waals surface area (Å²) in [7, 11) is 1.58. The van der Waals surface area contributed by atoms with E-state index in [1.807, 2.05) is 67.6 Å². The van der Waals surface area contributed by atoms with Crippen molar-refractivity contribution in [3.8, 4) is 17.2 Å². The first-order chi connectivity index (χ1) is 20.8. The van der Waals surface area contributed by atoms with Crippen molar-refractivity contribution in [3.05, 3.63) is 119 Å². The molecule has 222 valence electrons. The van der Waals surface area contributed by atoms with E-state index in [9.17, 15) is 9.59 Å². The van der Waals surface area contributed by atoms with Gasteiger partial charge in [-0.2, -0.15) is 0 Å². The van der Waals surface area contributed by atoms with Crippen LogP contribution >= 0.6 is 27.3 Å². The van der Waals surface area contributed by atoms with Gasteiger partial charge in [0.1, 0.15) is 12.4 Å². The number of thiazole rings is 1. The number of ether oxygens (including phenoxy) is 4. The number of benzene rings is 3. The number of carbonyl (C=O) groups is 1. The Morgan fingerprint density at radius 3 is 2.47 bits per heavy atom. The zero-order valence-electron chi connectivity index (χ0n) is 24.3. The third-order valence-electron chi connectivity index (χ3n) is 6.81. The van der Waals surface area contributed by atoms with Gasteiger partial charge in [0.2, 0.25) is 0 Å². The lowest BCUT2D eigenvalue weighted by Gasteiger charge is -2.25. The molecule has 1 atom stereocenters. The molecule has 0 unspecified atom stereocenters. The molecule has 1 aliphatic rings. The molecule has 0 radical (unpaired) electrons. The summed E-state index contributed by atoms with van der Waals surface area (Å²) in [6, 6.07) is 20.2. The highest BCUT2D eigenvalue weighted by Gasteiger charge is 2.33. The molecule has 0 N–H and O–H groups in total. The van der Waals surface area contributed by atoms with E-state index in [2.05, 4.69) is 20.9 Å². The molecule has 1 aromatic heterocycles. The zero-order chi connectivity index (χ0) is 30.5. The van der Waals surface area contributed by atoms with Crippen molar-refractivity contribution in [1.82, 2.24) is 4.57 Å². The molecule has 43 heavy (non-hydrogen) atoms. The fourth-order valence-corrected chi connectivity index (χ4v) is 6.45. The van der Waals surface area contributed by atoms with Crippen LogP contribution < -0.4 is 29.1 Å². The number of methoxy groups -OCH3 is 1. The van der Waals surface area contributed by atoms with E-state index >= 15 is 0 Å². The SMILES string of the molecule is CCOC(=O)C1=C(C)N=c2s/c(=C/c3ccc(OCc4ccccc4)c(OCC)c3)c(=O)n2[C@@H]1c1ccc(OC)c(Br)c1. The molecular weight excluding hydrogens is 632 g/mol. The summed E-state index contributed by atoms with van der Waals surface area (Å²) in [5.74, 6) is 1.32. The summed E-state index contributed by atoms with van der Waals surface area (Å²) in [6.45, 7) is 6.48. The number of halogens is 1. The van der Waals surface area contributed by atoms with Crippen LogP contribution in [0.25, 0.3) is 6.08 Å². The van der Waals surface area contributed by atoms with E-state index in [-0.39, 0.29) is 12.2 Å². The quantitative estimate of drug-likeness (QED) is 0.207. The summed E-state index contributed by atoms with van der Waals surface area (Å²) < 4.78 is 25.4. The minimum atomic E-state index is -0.729. The lowest BCUT2D eigenvalue weighted by Crippen LogP contribution is -2.39. The Bertz CT molecular complexity index is 1860. The lowest BCUT2D eigenvalue weighted by molar-refractivity contribution is -0.139. The van der Waals surface area contributed by atoms with Crippen LogP contribution in [0.15, 0.2) is 92.3 Å². The highest BCUT2D eigenvalue weighted by Crippen LogP contribution is 2.35. The van der Waals surface area contributed by atoms with Crippen LogP contribution in [0.5, 0.6) is 17.2 Å². The van der Waals surface area contributed by atoms with Gasteiger partial charge in [0.25, 0.3) is 5.56 Å². The van der Waals surface area contributed by atoms with E-state index in [1.165, 1.54) is 11.3 Å². The fourth-order valence-electron chi connectivity index (χ4n) is 4.85. The van der Waals surface area contributed by atoms with Crippen LogP contribution in [0.3, 0.4) is 0 Å². The average molecular weight is 664 g/mol. The maximum Gasteiger partial charge on any atom is 0.338 e. The van der Waals surface area contributed by atoms with E-state index in [0.29, 0.717) is 55.5 Å². The second kappa shape index (κ2) is 13.4. The molecule has 8 nitrogen and oxygen atoms in total. The molecular formula is C33H31BrN2O6S. The van der Waals surface area contributed by atoms with E-state index in [4.69, 9.17) is 18.9 Å². The van der Waals surface area contributed by atoms with Gasteiger partial charge in [-0.25, -0.2) is 9.79 Å². The third kappa shape index (κ3) is 6.45. The summed E-state index contributed by atoms with van der Waals surface area (Å²) in [5.41, 5.74) is 3.09. The van der Waals surface area contributed by atoms with Crippen LogP contribution in [-0.4, -0.2) is 30.9 Å². The van der Waals surface area contributed by atoms with Gasteiger partial charge >= 0.3 is 5.97 Å².